The molecule has 0 aliphatic heterocycles. The van der Waals surface area contributed by atoms with E-state index in [9.17, 15) is 8.42 Å². The maximum atomic E-state index is 12.6. The lowest BCUT2D eigenvalue weighted by atomic mass is 10.1. The quantitative estimate of drug-likeness (QED) is 0.744. The van der Waals surface area contributed by atoms with E-state index < -0.39 is 10.0 Å². The van der Waals surface area contributed by atoms with E-state index in [2.05, 4.69) is 14.7 Å². The van der Waals surface area contributed by atoms with E-state index in [1.54, 1.807) is 26.2 Å². The predicted octanol–water partition coefficient (Wildman–Crippen LogP) is 2.67. The van der Waals surface area contributed by atoms with Crippen LogP contribution >= 0.6 is 0 Å². The van der Waals surface area contributed by atoms with Gasteiger partial charge in [-0.05, 0) is 49.2 Å². The Morgan fingerprint density at radius 1 is 1.17 bits per heavy atom. The Bertz CT molecular complexity index is 960. The van der Waals surface area contributed by atoms with Gasteiger partial charge in [0.2, 0.25) is 10.0 Å². The minimum atomic E-state index is -3.64. The lowest BCUT2D eigenvalue weighted by Crippen LogP contribution is -2.24. The third-order valence-corrected chi connectivity index (χ3v) is 5.39. The molecule has 1 heterocycles. The zero-order valence-corrected chi connectivity index (χ0v) is 14.6. The molecular formula is C17H19N3O3S. The molecule has 126 valence electrons. The Morgan fingerprint density at radius 2 is 1.92 bits per heavy atom. The summed E-state index contributed by atoms with van der Waals surface area (Å²) in [6, 6.07) is 10.9. The number of H-pyrrole nitrogens is 1. The molecule has 0 fully saturated rings. The Hall–Kier alpha value is -2.38. The number of imidazole rings is 1. The van der Waals surface area contributed by atoms with Crippen LogP contribution in [0.1, 0.15) is 17.0 Å². The SMILES string of the molecule is COc1cc(C)c(S(=O)(=O)NCc2nc3ccccc3[nH]2)cc1C. The molecule has 3 aromatic rings. The standard InChI is InChI=1S/C17H19N3O3S/c1-11-9-16(12(2)8-15(11)23-3)24(21,22)18-10-17-19-13-6-4-5-7-14(13)20-17/h4-9,18H,10H2,1-3H3,(H,19,20). The molecule has 0 bridgehead atoms. The molecule has 7 heteroatoms. The van der Waals surface area contributed by atoms with E-state index in [1.165, 1.54) is 0 Å². The van der Waals surface area contributed by atoms with Crippen molar-refractivity contribution in [3.05, 3.63) is 53.3 Å². The monoisotopic (exact) mass is 345 g/mol. The summed E-state index contributed by atoms with van der Waals surface area (Å²) in [6.07, 6.45) is 0. The minimum absolute atomic E-state index is 0.0987. The van der Waals surface area contributed by atoms with Crippen molar-refractivity contribution in [3.8, 4) is 5.75 Å². The van der Waals surface area contributed by atoms with Crippen molar-refractivity contribution in [2.45, 2.75) is 25.3 Å². The average Bonchev–Trinajstić information content (AvgIpc) is 2.97. The van der Waals surface area contributed by atoms with E-state index in [0.717, 1.165) is 16.6 Å². The Morgan fingerprint density at radius 3 is 2.62 bits per heavy atom. The molecule has 0 radical (unpaired) electrons. The number of nitrogens with zero attached hydrogens (tertiary/aromatic N) is 1. The highest BCUT2D eigenvalue weighted by molar-refractivity contribution is 7.89. The Labute approximate surface area is 140 Å². The van der Waals surface area contributed by atoms with Gasteiger partial charge in [-0.1, -0.05) is 12.1 Å². The van der Waals surface area contributed by atoms with E-state index in [-0.39, 0.29) is 11.4 Å². The van der Waals surface area contributed by atoms with E-state index in [0.29, 0.717) is 17.1 Å². The van der Waals surface area contributed by atoms with Crippen LogP contribution in [0.25, 0.3) is 11.0 Å². The van der Waals surface area contributed by atoms with Crippen molar-refractivity contribution in [1.82, 2.24) is 14.7 Å². The van der Waals surface area contributed by atoms with Crippen molar-refractivity contribution in [1.29, 1.82) is 0 Å². The van der Waals surface area contributed by atoms with Gasteiger partial charge in [0, 0.05) is 0 Å². The van der Waals surface area contributed by atoms with Crippen molar-refractivity contribution in [2.24, 2.45) is 0 Å². The van der Waals surface area contributed by atoms with Crippen LogP contribution in [0.4, 0.5) is 0 Å². The average molecular weight is 345 g/mol. The first-order chi connectivity index (χ1) is 11.4. The van der Waals surface area contributed by atoms with Crippen LogP contribution in [-0.4, -0.2) is 25.5 Å². The second-order valence-electron chi connectivity index (χ2n) is 5.61. The molecule has 0 unspecified atom stereocenters. The van der Waals surface area contributed by atoms with Gasteiger partial charge in [0.1, 0.15) is 11.6 Å². The third-order valence-electron chi connectivity index (χ3n) is 3.85. The van der Waals surface area contributed by atoms with Gasteiger partial charge in [0.25, 0.3) is 0 Å². The van der Waals surface area contributed by atoms with Crippen LogP contribution in [0.5, 0.6) is 5.75 Å². The van der Waals surface area contributed by atoms with Gasteiger partial charge in [0.05, 0.1) is 29.6 Å². The number of fused-ring (bicyclic) bond motifs is 1. The topological polar surface area (TPSA) is 84.1 Å². The predicted molar refractivity (Wildman–Crippen MR) is 92.6 cm³/mol. The fourth-order valence-electron chi connectivity index (χ4n) is 2.60. The van der Waals surface area contributed by atoms with Gasteiger partial charge in [-0.15, -0.1) is 0 Å². The van der Waals surface area contributed by atoms with Crippen LogP contribution < -0.4 is 9.46 Å². The largest absolute Gasteiger partial charge is 0.496 e. The van der Waals surface area contributed by atoms with E-state index in [4.69, 9.17) is 4.74 Å². The highest BCUT2D eigenvalue weighted by atomic mass is 32.2. The van der Waals surface area contributed by atoms with Gasteiger partial charge in [-0.3, -0.25) is 0 Å². The summed E-state index contributed by atoms with van der Waals surface area (Å²) in [6.45, 7) is 3.66. The summed E-state index contributed by atoms with van der Waals surface area (Å²) in [5.41, 5.74) is 3.09. The fraction of sp³-hybridized carbons (Fsp3) is 0.235. The summed E-state index contributed by atoms with van der Waals surface area (Å²) in [7, 11) is -2.07. The molecule has 0 spiro atoms. The Kier molecular flexibility index (Phi) is 4.29. The van der Waals surface area contributed by atoms with E-state index >= 15 is 0 Å². The van der Waals surface area contributed by atoms with Gasteiger partial charge < -0.3 is 9.72 Å². The summed E-state index contributed by atoms with van der Waals surface area (Å²) < 4.78 is 33.0. The lowest BCUT2D eigenvalue weighted by molar-refractivity contribution is 0.411. The van der Waals surface area contributed by atoms with Crippen molar-refractivity contribution in [2.75, 3.05) is 7.11 Å². The number of hydrogen-bond acceptors (Lipinski definition) is 4. The molecule has 0 aliphatic carbocycles. The summed E-state index contributed by atoms with van der Waals surface area (Å²) in [4.78, 5) is 7.73. The zero-order valence-electron chi connectivity index (χ0n) is 13.8. The molecule has 0 saturated carbocycles. The normalized spacial score (nSPS) is 11.8. The first-order valence-electron chi connectivity index (χ1n) is 7.49. The zero-order chi connectivity index (χ0) is 17.3. The number of ether oxygens (including phenoxy) is 1. The van der Waals surface area contributed by atoms with Crippen LogP contribution in [0, 0.1) is 13.8 Å². The second kappa shape index (κ2) is 6.26. The summed E-state index contributed by atoms with van der Waals surface area (Å²) in [5, 5.41) is 0. The molecule has 0 amide bonds. The number of nitrogens with one attached hydrogen (secondary N) is 2. The van der Waals surface area contributed by atoms with Crippen LogP contribution in [0.3, 0.4) is 0 Å². The van der Waals surface area contributed by atoms with Crippen LogP contribution in [0.2, 0.25) is 0 Å². The maximum absolute atomic E-state index is 12.6. The number of hydrogen-bond donors (Lipinski definition) is 2. The van der Waals surface area contributed by atoms with Gasteiger partial charge in [-0.2, -0.15) is 0 Å². The third kappa shape index (κ3) is 3.13. The van der Waals surface area contributed by atoms with Gasteiger partial charge in [0.15, 0.2) is 0 Å². The molecule has 3 rings (SSSR count). The summed E-state index contributed by atoms with van der Waals surface area (Å²) >= 11 is 0. The van der Waals surface area contributed by atoms with Crippen molar-refractivity contribution < 1.29 is 13.2 Å². The number of para-hydroxylation sites is 2. The molecule has 24 heavy (non-hydrogen) atoms. The number of aromatic nitrogens is 2. The molecule has 1 aromatic heterocycles. The molecule has 0 atom stereocenters. The highest BCUT2D eigenvalue weighted by Gasteiger charge is 2.19. The number of sulfonamides is 1. The van der Waals surface area contributed by atoms with Crippen molar-refractivity contribution in [3.63, 3.8) is 0 Å². The number of benzene rings is 2. The fourth-order valence-corrected chi connectivity index (χ4v) is 3.90. The number of methoxy groups -OCH3 is 1. The molecular weight excluding hydrogens is 326 g/mol. The number of aryl methyl sites for hydroxylation is 2. The molecule has 6 nitrogen and oxygen atoms in total. The number of aromatic amines is 1. The van der Waals surface area contributed by atoms with E-state index in [1.807, 2.05) is 31.2 Å². The smallest absolute Gasteiger partial charge is 0.241 e. The second-order valence-corrected chi connectivity index (χ2v) is 7.35. The van der Waals surface area contributed by atoms with Gasteiger partial charge in [-0.25, -0.2) is 18.1 Å². The van der Waals surface area contributed by atoms with Crippen LogP contribution in [0.15, 0.2) is 41.3 Å². The lowest BCUT2D eigenvalue weighted by Gasteiger charge is -2.12. The minimum Gasteiger partial charge on any atom is -0.496 e. The highest BCUT2D eigenvalue weighted by Crippen LogP contribution is 2.25. The summed E-state index contributed by atoms with van der Waals surface area (Å²) in [5.74, 6) is 1.24. The Balaban J connectivity index is 1.85. The first-order valence-corrected chi connectivity index (χ1v) is 8.97. The first kappa shape index (κ1) is 16.5. The molecule has 0 aliphatic rings. The van der Waals surface area contributed by atoms with Gasteiger partial charge >= 0.3 is 0 Å². The number of rotatable bonds is 5. The maximum Gasteiger partial charge on any atom is 0.241 e. The van der Waals surface area contributed by atoms with Crippen LogP contribution in [-0.2, 0) is 16.6 Å². The van der Waals surface area contributed by atoms with Crippen molar-refractivity contribution >= 4 is 21.1 Å². The molecule has 2 aromatic carbocycles. The molecule has 2 N–H and O–H groups in total. The molecule has 0 saturated heterocycles.